The number of rotatable bonds is 5. The van der Waals surface area contributed by atoms with Gasteiger partial charge in [0.05, 0.1) is 18.1 Å². The molecule has 0 aromatic heterocycles. The van der Waals surface area contributed by atoms with E-state index in [2.05, 4.69) is 0 Å². The summed E-state index contributed by atoms with van der Waals surface area (Å²) in [6, 6.07) is 4.11. The van der Waals surface area contributed by atoms with Gasteiger partial charge in [0.15, 0.2) is 0 Å². The van der Waals surface area contributed by atoms with Gasteiger partial charge >= 0.3 is 12.4 Å². The van der Waals surface area contributed by atoms with Crippen LogP contribution in [0.1, 0.15) is 23.7 Å². The third-order valence-corrected chi connectivity index (χ3v) is 2.86. The Morgan fingerprint density at radius 1 is 1.14 bits per heavy atom. The first kappa shape index (κ1) is 17.8. The molecule has 0 aliphatic carbocycles. The molecule has 1 atom stereocenters. The van der Waals surface area contributed by atoms with E-state index in [-0.39, 0.29) is 18.7 Å². The van der Waals surface area contributed by atoms with Gasteiger partial charge in [0.2, 0.25) is 0 Å². The number of likely N-dealkylation sites (N-methyl/N-ethyl adjacent to an activating group) is 1. The molecule has 0 heterocycles. The van der Waals surface area contributed by atoms with Crippen molar-refractivity contribution in [1.29, 1.82) is 0 Å². The van der Waals surface area contributed by atoms with Crippen LogP contribution in [0, 0.1) is 0 Å². The lowest BCUT2D eigenvalue weighted by molar-refractivity contribution is -0.139. The Balaban J connectivity index is 2.65. The molecule has 120 valence electrons. The Hall–Kier alpha value is -1.28. The quantitative estimate of drug-likeness (QED) is 0.839. The first-order valence-electron chi connectivity index (χ1n) is 6.09. The van der Waals surface area contributed by atoms with Crippen molar-refractivity contribution in [1.82, 2.24) is 4.90 Å². The van der Waals surface area contributed by atoms with Gasteiger partial charge in [-0.3, -0.25) is 0 Å². The number of halogens is 6. The number of benzene rings is 1. The summed E-state index contributed by atoms with van der Waals surface area (Å²) in [6.07, 6.45) is -11.2. The average molecular weight is 315 g/mol. The van der Waals surface area contributed by atoms with Crippen molar-refractivity contribution in [2.75, 3.05) is 20.1 Å². The van der Waals surface area contributed by atoms with Crippen LogP contribution in [0.5, 0.6) is 0 Å². The number of alkyl halides is 6. The third-order valence-electron chi connectivity index (χ3n) is 2.86. The number of hydrogen-bond acceptors (Lipinski definition) is 2. The van der Waals surface area contributed by atoms with E-state index in [9.17, 15) is 31.4 Å². The molecule has 0 aliphatic rings. The lowest BCUT2D eigenvalue weighted by Crippen LogP contribution is -2.28. The fraction of sp³-hybridized carbons (Fsp3) is 0.538. The second-order valence-electron chi connectivity index (χ2n) is 4.77. The molecular weight excluding hydrogens is 300 g/mol. The summed E-state index contributed by atoms with van der Waals surface area (Å²) in [4.78, 5) is 1.22. The highest BCUT2D eigenvalue weighted by Crippen LogP contribution is 2.31. The Labute approximate surface area is 118 Å². The maximum atomic E-state index is 12.5. The monoisotopic (exact) mass is 315 g/mol. The molecule has 1 unspecified atom stereocenters. The van der Waals surface area contributed by atoms with Crippen LogP contribution in [0.3, 0.4) is 0 Å². The molecule has 1 aromatic rings. The molecule has 0 spiro atoms. The van der Waals surface area contributed by atoms with E-state index < -0.39 is 30.4 Å². The van der Waals surface area contributed by atoms with Crippen molar-refractivity contribution >= 4 is 0 Å². The van der Waals surface area contributed by atoms with E-state index in [0.29, 0.717) is 0 Å². The SMILES string of the molecule is CN(CCC(F)(F)F)CC(O)c1cccc(C(F)(F)F)c1. The van der Waals surface area contributed by atoms with Gasteiger partial charge in [-0.05, 0) is 24.7 Å². The highest BCUT2D eigenvalue weighted by Gasteiger charge is 2.31. The van der Waals surface area contributed by atoms with Gasteiger partial charge in [0.25, 0.3) is 0 Å². The minimum atomic E-state index is -4.53. The summed E-state index contributed by atoms with van der Waals surface area (Å²) in [5.41, 5.74) is -0.888. The molecule has 1 N–H and O–H groups in total. The topological polar surface area (TPSA) is 23.5 Å². The first-order chi connectivity index (χ1) is 9.49. The molecule has 1 aromatic carbocycles. The van der Waals surface area contributed by atoms with Gasteiger partial charge in [-0.1, -0.05) is 12.1 Å². The van der Waals surface area contributed by atoms with Gasteiger partial charge in [-0.25, -0.2) is 0 Å². The van der Waals surface area contributed by atoms with Crippen LogP contribution in [0.15, 0.2) is 24.3 Å². The van der Waals surface area contributed by atoms with Gasteiger partial charge in [-0.2, -0.15) is 26.3 Å². The first-order valence-corrected chi connectivity index (χ1v) is 6.09. The van der Waals surface area contributed by atoms with E-state index in [1.165, 1.54) is 18.0 Å². The lowest BCUT2D eigenvalue weighted by atomic mass is 10.1. The number of hydrogen-bond donors (Lipinski definition) is 1. The third kappa shape index (κ3) is 6.34. The summed E-state index contributed by atoms with van der Waals surface area (Å²) in [5, 5.41) is 9.82. The van der Waals surface area contributed by atoms with Gasteiger partial charge < -0.3 is 10.0 Å². The van der Waals surface area contributed by atoms with E-state index in [1.807, 2.05) is 0 Å². The summed E-state index contributed by atoms with van der Waals surface area (Å²) in [6.45, 7) is -0.517. The average Bonchev–Trinajstić information content (AvgIpc) is 2.34. The fourth-order valence-electron chi connectivity index (χ4n) is 1.73. The van der Waals surface area contributed by atoms with Crippen molar-refractivity contribution in [3.05, 3.63) is 35.4 Å². The maximum absolute atomic E-state index is 12.5. The lowest BCUT2D eigenvalue weighted by Gasteiger charge is -2.22. The van der Waals surface area contributed by atoms with Crippen LogP contribution in [0.25, 0.3) is 0 Å². The van der Waals surface area contributed by atoms with Crippen LogP contribution in [-0.4, -0.2) is 36.3 Å². The van der Waals surface area contributed by atoms with Crippen LogP contribution in [0.4, 0.5) is 26.3 Å². The van der Waals surface area contributed by atoms with Crippen LogP contribution < -0.4 is 0 Å². The minimum Gasteiger partial charge on any atom is -0.387 e. The summed E-state index contributed by atoms with van der Waals surface area (Å²) in [7, 11) is 1.36. The second-order valence-corrected chi connectivity index (χ2v) is 4.77. The fourth-order valence-corrected chi connectivity index (χ4v) is 1.73. The van der Waals surface area contributed by atoms with Crippen molar-refractivity contribution in [2.45, 2.75) is 24.9 Å². The predicted molar refractivity (Wildman–Crippen MR) is 64.6 cm³/mol. The van der Waals surface area contributed by atoms with Crippen LogP contribution >= 0.6 is 0 Å². The molecule has 0 bridgehead atoms. The smallest absolute Gasteiger partial charge is 0.387 e. The highest BCUT2D eigenvalue weighted by molar-refractivity contribution is 5.27. The van der Waals surface area contributed by atoms with E-state index in [4.69, 9.17) is 0 Å². The Bertz CT molecular complexity index is 457. The molecule has 0 saturated carbocycles. The Morgan fingerprint density at radius 3 is 2.29 bits per heavy atom. The van der Waals surface area contributed by atoms with Gasteiger partial charge in [0, 0.05) is 13.1 Å². The van der Waals surface area contributed by atoms with Crippen molar-refractivity contribution in [2.24, 2.45) is 0 Å². The molecule has 0 radical (unpaired) electrons. The largest absolute Gasteiger partial charge is 0.416 e. The van der Waals surface area contributed by atoms with Crippen molar-refractivity contribution in [3.8, 4) is 0 Å². The molecule has 1 rings (SSSR count). The number of nitrogens with zero attached hydrogens (tertiary/aromatic N) is 1. The molecule has 0 fully saturated rings. The molecule has 8 heteroatoms. The summed E-state index contributed by atoms with van der Waals surface area (Å²) < 4.78 is 73.7. The molecule has 0 aliphatic heterocycles. The maximum Gasteiger partial charge on any atom is 0.416 e. The van der Waals surface area contributed by atoms with Gasteiger partial charge in [0.1, 0.15) is 0 Å². The van der Waals surface area contributed by atoms with E-state index in [1.54, 1.807) is 0 Å². The molecule has 0 saturated heterocycles. The second kappa shape index (κ2) is 6.65. The molecule has 0 amide bonds. The Morgan fingerprint density at radius 2 is 1.76 bits per heavy atom. The normalized spacial score (nSPS) is 14.5. The minimum absolute atomic E-state index is 0.0173. The van der Waals surface area contributed by atoms with E-state index >= 15 is 0 Å². The van der Waals surface area contributed by atoms with Crippen molar-refractivity contribution in [3.63, 3.8) is 0 Å². The van der Waals surface area contributed by atoms with E-state index in [0.717, 1.165) is 18.2 Å². The zero-order valence-electron chi connectivity index (χ0n) is 11.2. The molecular formula is C13H15F6NO. The number of aliphatic hydroxyl groups excluding tert-OH is 1. The molecule has 2 nitrogen and oxygen atoms in total. The highest BCUT2D eigenvalue weighted by atomic mass is 19.4. The Kier molecular flexibility index (Phi) is 5.63. The predicted octanol–water partition coefficient (Wildman–Crippen LogP) is 3.62. The summed E-state index contributed by atoms with van der Waals surface area (Å²) >= 11 is 0. The standard InChI is InChI=1S/C13H15F6NO/c1-20(6-5-12(14,15)16)8-11(21)9-3-2-4-10(7-9)13(17,18)19/h2-4,7,11,21H,5-6,8H2,1H3. The van der Waals surface area contributed by atoms with Crippen LogP contribution in [0.2, 0.25) is 0 Å². The number of aliphatic hydroxyl groups is 1. The van der Waals surface area contributed by atoms with Crippen molar-refractivity contribution < 1.29 is 31.4 Å². The van der Waals surface area contributed by atoms with Crippen LogP contribution in [-0.2, 0) is 6.18 Å². The summed E-state index contributed by atoms with van der Waals surface area (Å²) in [5.74, 6) is 0. The zero-order chi connectivity index (χ0) is 16.3. The zero-order valence-corrected chi connectivity index (χ0v) is 11.2. The molecule has 21 heavy (non-hydrogen) atoms. The van der Waals surface area contributed by atoms with Gasteiger partial charge in [-0.15, -0.1) is 0 Å².